The summed E-state index contributed by atoms with van der Waals surface area (Å²) in [5.41, 5.74) is 1.90. The van der Waals surface area contributed by atoms with Crippen LogP contribution in [0.1, 0.15) is 60.4 Å². The van der Waals surface area contributed by atoms with Gasteiger partial charge in [0, 0.05) is 10.6 Å². The van der Waals surface area contributed by atoms with Gasteiger partial charge in [-0.05, 0) is 30.4 Å². The van der Waals surface area contributed by atoms with Gasteiger partial charge in [-0.2, -0.15) is 0 Å². The van der Waals surface area contributed by atoms with Gasteiger partial charge in [0.1, 0.15) is 6.29 Å². The van der Waals surface area contributed by atoms with E-state index in [9.17, 15) is 4.79 Å². The number of benzene rings is 1. The Balaban J connectivity index is 2.21. The van der Waals surface area contributed by atoms with Crippen LogP contribution in [0.5, 0.6) is 0 Å². The minimum atomic E-state index is 0.593. The first kappa shape index (κ1) is 11.7. The van der Waals surface area contributed by atoms with Crippen molar-refractivity contribution in [1.29, 1.82) is 0 Å². The number of carbonyl (C=O) groups is 1. The Morgan fingerprint density at radius 2 is 1.81 bits per heavy atom. The Kier molecular flexibility index (Phi) is 4.00. The molecule has 0 spiro atoms. The molecule has 0 radical (unpaired) electrons. The second kappa shape index (κ2) is 5.49. The highest BCUT2D eigenvalue weighted by molar-refractivity contribution is 6.31. The summed E-state index contributed by atoms with van der Waals surface area (Å²) in [6.45, 7) is 0. The average Bonchev–Trinajstić information content (AvgIpc) is 2.57. The lowest BCUT2D eigenvalue weighted by atomic mass is 9.91. The molecule has 0 saturated heterocycles. The minimum Gasteiger partial charge on any atom is -0.298 e. The van der Waals surface area contributed by atoms with Gasteiger partial charge in [-0.15, -0.1) is 0 Å². The van der Waals surface area contributed by atoms with Gasteiger partial charge in [0.2, 0.25) is 0 Å². The summed E-state index contributed by atoms with van der Waals surface area (Å²) in [7, 11) is 0. The molecule has 1 saturated carbocycles. The zero-order valence-electron chi connectivity index (χ0n) is 9.42. The molecule has 2 rings (SSSR count). The third-order valence-electron chi connectivity index (χ3n) is 3.46. The second-order valence-electron chi connectivity index (χ2n) is 4.59. The molecule has 0 atom stereocenters. The molecule has 0 N–H and O–H groups in total. The Bertz CT molecular complexity index is 365. The van der Waals surface area contributed by atoms with Crippen LogP contribution in [0.2, 0.25) is 5.02 Å². The van der Waals surface area contributed by atoms with Crippen molar-refractivity contribution in [1.82, 2.24) is 0 Å². The van der Waals surface area contributed by atoms with Crippen molar-refractivity contribution in [3.8, 4) is 0 Å². The molecule has 0 aromatic heterocycles. The predicted molar refractivity (Wildman–Crippen MR) is 67.3 cm³/mol. The highest BCUT2D eigenvalue weighted by Crippen LogP contribution is 2.35. The van der Waals surface area contributed by atoms with Gasteiger partial charge in [-0.3, -0.25) is 4.79 Å². The molecule has 0 amide bonds. The fraction of sp³-hybridized carbons (Fsp3) is 0.500. The van der Waals surface area contributed by atoms with E-state index in [1.165, 1.54) is 44.1 Å². The first-order valence-electron chi connectivity index (χ1n) is 6.06. The van der Waals surface area contributed by atoms with E-state index in [2.05, 4.69) is 0 Å². The van der Waals surface area contributed by atoms with Crippen LogP contribution in [0.25, 0.3) is 0 Å². The summed E-state index contributed by atoms with van der Waals surface area (Å²) >= 11 is 6.24. The largest absolute Gasteiger partial charge is 0.298 e. The molecule has 1 fully saturated rings. The number of halogens is 1. The SMILES string of the molecule is O=Cc1ccc(C2CCCCCC2)c(Cl)c1. The van der Waals surface area contributed by atoms with Crippen LogP contribution in [-0.4, -0.2) is 6.29 Å². The molecule has 2 heteroatoms. The Morgan fingerprint density at radius 1 is 1.12 bits per heavy atom. The van der Waals surface area contributed by atoms with E-state index in [0.717, 1.165) is 11.3 Å². The average molecular weight is 237 g/mol. The molecule has 86 valence electrons. The second-order valence-corrected chi connectivity index (χ2v) is 4.99. The van der Waals surface area contributed by atoms with Crippen LogP contribution in [0, 0.1) is 0 Å². The van der Waals surface area contributed by atoms with E-state index in [0.29, 0.717) is 11.5 Å². The molecule has 0 aliphatic heterocycles. The summed E-state index contributed by atoms with van der Waals surface area (Å²) < 4.78 is 0. The van der Waals surface area contributed by atoms with Gasteiger partial charge >= 0.3 is 0 Å². The van der Waals surface area contributed by atoms with Crippen molar-refractivity contribution in [2.45, 2.75) is 44.4 Å². The molecule has 0 unspecified atom stereocenters. The van der Waals surface area contributed by atoms with Gasteiger partial charge in [-0.1, -0.05) is 49.4 Å². The maximum atomic E-state index is 10.6. The molecule has 1 aliphatic carbocycles. The van der Waals surface area contributed by atoms with Gasteiger partial charge in [-0.25, -0.2) is 0 Å². The van der Waals surface area contributed by atoms with Crippen molar-refractivity contribution >= 4 is 17.9 Å². The maximum absolute atomic E-state index is 10.6. The van der Waals surface area contributed by atoms with Crippen LogP contribution in [0.3, 0.4) is 0 Å². The van der Waals surface area contributed by atoms with Crippen molar-refractivity contribution in [2.75, 3.05) is 0 Å². The van der Waals surface area contributed by atoms with Gasteiger partial charge < -0.3 is 0 Å². The van der Waals surface area contributed by atoms with E-state index in [1.807, 2.05) is 12.1 Å². The Hall–Kier alpha value is -0.820. The maximum Gasteiger partial charge on any atom is 0.150 e. The summed E-state index contributed by atoms with van der Waals surface area (Å²) in [6.07, 6.45) is 8.62. The molecule has 0 bridgehead atoms. The lowest BCUT2D eigenvalue weighted by Crippen LogP contribution is -1.98. The molecule has 1 nitrogen and oxygen atoms in total. The van der Waals surface area contributed by atoms with Crippen LogP contribution in [0.15, 0.2) is 18.2 Å². The molecule has 1 aliphatic rings. The van der Waals surface area contributed by atoms with E-state index in [-0.39, 0.29) is 0 Å². The van der Waals surface area contributed by atoms with E-state index < -0.39 is 0 Å². The third-order valence-corrected chi connectivity index (χ3v) is 3.78. The van der Waals surface area contributed by atoms with Crippen molar-refractivity contribution < 1.29 is 4.79 Å². The van der Waals surface area contributed by atoms with Crippen molar-refractivity contribution in [2.24, 2.45) is 0 Å². The quantitative estimate of drug-likeness (QED) is 0.542. The van der Waals surface area contributed by atoms with Crippen LogP contribution < -0.4 is 0 Å². The molecular weight excluding hydrogens is 220 g/mol. The summed E-state index contributed by atoms with van der Waals surface area (Å²) in [6, 6.07) is 5.69. The van der Waals surface area contributed by atoms with Crippen LogP contribution in [0.4, 0.5) is 0 Å². The molecule has 1 aromatic carbocycles. The van der Waals surface area contributed by atoms with Crippen LogP contribution in [-0.2, 0) is 0 Å². The molecule has 16 heavy (non-hydrogen) atoms. The van der Waals surface area contributed by atoms with E-state index in [4.69, 9.17) is 11.6 Å². The van der Waals surface area contributed by atoms with Gasteiger partial charge in [0.05, 0.1) is 0 Å². The molecule has 0 heterocycles. The smallest absolute Gasteiger partial charge is 0.150 e. The zero-order valence-corrected chi connectivity index (χ0v) is 10.2. The summed E-state index contributed by atoms with van der Waals surface area (Å²) in [4.78, 5) is 10.6. The van der Waals surface area contributed by atoms with E-state index >= 15 is 0 Å². The fourth-order valence-corrected chi connectivity index (χ4v) is 2.88. The Labute approximate surface area is 102 Å². The number of hydrogen-bond acceptors (Lipinski definition) is 1. The third kappa shape index (κ3) is 2.65. The molecular formula is C14H17ClO. The fourth-order valence-electron chi connectivity index (χ4n) is 2.54. The highest BCUT2D eigenvalue weighted by atomic mass is 35.5. The zero-order chi connectivity index (χ0) is 11.4. The normalized spacial score (nSPS) is 18.1. The Morgan fingerprint density at radius 3 is 2.38 bits per heavy atom. The lowest BCUT2D eigenvalue weighted by Gasteiger charge is -2.16. The van der Waals surface area contributed by atoms with Gasteiger partial charge in [0.15, 0.2) is 0 Å². The number of aldehydes is 1. The van der Waals surface area contributed by atoms with Crippen LogP contribution >= 0.6 is 11.6 Å². The van der Waals surface area contributed by atoms with Crippen molar-refractivity contribution in [3.63, 3.8) is 0 Å². The standard InChI is InChI=1S/C14H17ClO/c15-14-9-11(10-16)7-8-13(14)12-5-3-1-2-4-6-12/h7-10,12H,1-6H2. The number of rotatable bonds is 2. The topological polar surface area (TPSA) is 17.1 Å². The lowest BCUT2D eigenvalue weighted by molar-refractivity contribution is 0.112. The van der Waals surface area contributed by atoms with Gasteiger partial charge in [0.25, 0.3) is 0 Å². The van der Waals surface area contributed by atoms with Crippen molar-refractivity contribution in [3.05, 3.63) is 34.3 Å². The van der Waals surface area contributed by atoms with E-state index in [1.54, 1.807) is 6.07 Å². The summed E-state index contributed by atoms with van der Waals surface area (Å²) in [5.74, 6) is 0.593. The number of hydrogen-bond donors (Lipinski definition) is 0. The molecule has 1 aromatic rings. The first-order chi connectivity index (χ1) is 7.81. The minimum absolute atomic E-state index is 0.593. The highest BCUT2D eigenvalue weighted by Gasteiger charge is 2.16. The monoisotopic (exact) mass is 236 g/mol. The predicted octanol–water partition coefficient (Wildman–Crippen LogP) is 4.59. The first-order valence-corrected chi connectivity index (χ1v) is 6.43. The number of carbonyl (C=O) groups excluding carboxylic acids is 1. The summed E-state index contributed by atoms with van der Waals surface area (Å²) in [5, 5.41) is 0.761.